The molecule has 0 atom stereocenters. The number of nitrogens with zero attached hydrogens (tertiary/aromatic N) is 6. The molecule has 0 aliphatic rings. The van der Waals surface area contributed by atoms with Crippen LogP contribution in [0, 0.1) is 0 Å². The summed E-state index contributed by atoms with van der Waals surface area (Å²) in [6, 6.07) is 10.4. The van der Waals surface area contributed by atoms with Gasteiger partial charge in [-0.3, -0.25) is 19.0 Å². The van der Waals surface area contributed by atoms with Crippen molar-refractivity contribution in [3.8, 4) is 34.0 Å². The Morgan fingerprint density at radius 2 is 1.88 bits per heavy atom. The van der Waals surface area contributed by atoms with E-state index in [1.807, 2.05) is 27.1 Å². The zero-order valence-electron chi connectivity index (χ0n) is 22.9. The van der Waals surface area contributed by atoms with Gasteiger partial charge in [0.1, 0.15) is 17.1 Å². The summed E-state index contributed by atoms with van der Waals surface area (Å²) in [7, 11) is 3.49. The van der Waals surface area contributed by atoms with Crippen molar-refractivity contribution in [1.29, 1.82) is 0 Å². The number of anilines is 1. The van der Waals surface area contributed by atoms with Gasteiger partial charge in [-0.25, -0.2) is 14.8 Å². The van der Waals surface area contributed by atoms with Crippen LogP contribution in [-0.4, -0.2) is 47.9 Å². The second-order valence-corrected chi connectivity index (χ2v) is 9.46. The number of benzene rings is 1. The first kappa shape index (κ1) is 26.5. The molecular formula is C29H29N7O4. The summed E-state index contributed by atoms with van der Waals surface area (Å²) in [5.41, 5.74) is 2.80. The van der Waals surface area contributed by atoms with Crippen LogP contribution in [-0.2, 0) is 18.8 Å². The molecule has 5 rings (SSSR count). The normalized spacial score (nSPS) is 11.2. The number of aryl methyl sites for hydroxylation is 1. The third-order valence-electron chi connectivity index (χ3n) is 6.13. The molecule has 0 fully saturated rings. The van der Waals surface area contributed by atoms with Crippen molar-refractivity contribution >= 4 is 22.8 Å². The third-order valence-corrected chi connectivity index (χ3v) is 6.13. The smallest absolute Gasteiger partial charge is 0.342 e. The topological polar surface area (TPSA) is 126 Å². The van der Waals surface area contributed by atoms with E-state index in [1.165, 1.54) is 10.8 Å². The number of esters is 1. The van der Waals surface area contributed by atoms with Crippen LogP contribution in [0.4, 0.5) is 5.95 Å². The Balaban J connectivity index is 1.55. The molecule has 11 heteroatoms. The molecule has 0 spiro atoms. The van der Waals surface area contributed by atoms with Gasteiger partial charge in [0, 0.05) is 55.7 Å². The predicted molar refractivity (Wildman–Crippen MR) is 151 cm³/mol. The monoisotopic (exact) mass is 539 g/mol. The molecule has 0 bridgehead atoms. The Morgan fingerprint density at radius 3 is 2.60 bits per heavy atom. The molecule has 0 radical (unpaired) electrons. The van der Waals surface area contributed by atoms with E-state index >= 15 is 0 Å². The van der Waals surface area contributed by atoms with E-state index in [0.29, 0.717) is 45.3 Å². The SMILES string of the molecule is CCOC(=O)c1c(Oc2ccnc(-c3cnn(C)c3)c2)ccc2nc(-c3cnc(NC(C)C)n(C)c3=O)ccc12. The Labute approximate surface area is 230 Å². The van der Waals surface area contributed by atoms with Crippen LogP contribution in [0.15, 0.2) is 66.0 Å². The quantitative estimate of drug-likeness (QED) is 0.282. The minimum atomic E-state index is -0.541. The lowest BCUT2D eigenvalue weighted by atomic mass is 10.1. The second kappa shape index (κ2) is 11.0. The summed E-state index contributed by atoms with van der Waals surface area (Å²) < 4.78 is 14.7. The first-order valence-corrected chi connectivity index (χ1v) is 12.8. The van der Waals surface area contributed by atoms with Crippen molar-refractivity contribution < 1.29 is 14.3 Å². The maximum Gasteiger partial charge on any atom is 0.342 e. The van der Waals surface area contributed by atoms with E-state index < -0.39 is 5.97 Å². The van der Waals surface area contributed by atoms with Crippen LogP contribution < -0.4 is 15.6 Å². The summed E-state index contributed by atoms with van der Waals surface area (Å²) in [5, 5.41) is 7.88. The van der Waals surface area contributed by atoms with Crippen LogP contribution in [0.5, 0.6) is 11.5 Å². The van der Waals surface area contributed by atoms with Gasteiger partial charge >= 0.3 is 5.97 Å². The fourth-order valence-corrected chi connectivity index (χ4v) is 4.26. The summed E-state index contributed by atoms with van der Waals surface area (Å²) in [6.45, 7) is 5.87. The molecular weight excluding hydrogens is 510 g/mol. The van der Waals surface area contributed by atoms with E-state index in [2.05, 4.69) is 25.4 Å². The summed E-state index contributed by atoms with van der Waals surface area (Å²) in [6.07, 6.45) is 6.71. The van der Waals surface area contributed by atoms with Gasteiger partial charge in [0.05, 0.1) is 35.3 Å². The van der Waals surface area contributed by atoms with Gasteiger partial charge in [-0.15, -0.1) is 0 Å². The molecule has 0 aliphatic heterocycles. The number of fused-ring (bicyclic) bond motifs is 1. The van der Waals surface area contributed by atoms with E-state index in [4.69, 9.17) is 9.47 Å². The molecule has 40 heavy (non-hydrogen) atoms. The maximum atomic E-state index is 13.1. The van der Waals surface area contributed by atoms with Gasteiger partial charge in [0.2, 0.25) is 5.95 Å². The van der Waals surface area contributed by atoms with E-state index in [9.17, 15) is 9.59 Å². The highest BCUT2D eigenvalue weighted by Crippen LogP contribution is 2.33. The molecule has 1 aromatic carbocycles. The van der Waals surface area contributed by atoms with Crippen molar-refractivity contribution in [3.63, 3.8) is 0 Å². The Hall–Kier alpha value is -5.06. The highest BCUT2D eigenvalue weighted by Gasteiger charge is 2.21. The summed E-state index contributed by atoms with van der Waals surface area (Å²) in [4.78, 5) is 39.7. The number of hydrogen-bond donors (Lipinski definition) is 1. The number of nitrogens with one attached hydrogen (secondary N) is 1. The molecule has 0 saturated carbocycles. The number of carbonyl (C=O) groups excluding carboxylic acids is 1. The highest BCUT2D eigenvalue weighted by atomic mass is 16.5. The lowest BCUT2D eigenvalue weighted by Crippen LogP contribution is -2.25. The van der Waals surface area contributed by atoms with Gasteiger partial charge in [-0.1, -0.05) is 0 Å². The van der Waals surface area contributed by atoms with Gasteiger partial charge < -0.3 is 14.8 Å². The van der Waals surface area contributed by atoms with Crippen LogP contribution in [0.2, 0.25) is 0 Å². The molecule has 1 N–H and O–H groups in total. The highest BCUT2D eigenvalue weighted by molar-refractivity contribution is 6.06. The number of ether oxygens (including phenoxy) is 2. The van der Waals surface area contributed by atoms with Crippen LogP contribution in [0.25, 0.3) is 33.4 Å². The summed E-state index contributed by atoms with van der Waals surface area (Å²) >= 11 is 0. The maximum absolute atomic E-state index is 13.1. The van der Waals surface area contributed by atoms with Crippen molar-refractivity contribution in [3.05, 3.63) is 77.1 Å². The van der Waals surface area contributed by atoms with Gasteiger partial charge in [-0.2, -0.15) is 5.10 Å². The predicted octanol–water partition coefficient (Wildman–Crippen LogP) is 4.58. The lowest BCUT2D eigenvalue weighted by Gasteiger charge is -2.15. The Kier molecular flexibility index (Phi) is 7.28. The van der Waals surface area contributed by atoms with E-state index in [1.54, 1.807) is 67.4 Å². The third kappa shape index (κ3) is 5.26. The molecule has 11 nitrogen and oxygen atoms in total. The molecule has 0 unspecified atom stereocenters. The average Bonchev–Trinajstić information content (AvgIpc) is 3.37. The fraction of sp³-hybridized carbons (Fsp3) is 0.241. The second-order valence-electron chi connectivity index (χ2n) is 9.46. The summed E-state index contributed by atoms with van der Waals surface area (Å²) in [5.74, 6) is 0.734. The first-order valence-electron chi connectivity index (χ1n) is 12.8. The van der Waals surface area contributed by atoms with Crippen molar-refractivity contribution in [2.45, 2.75) is 26.8 Å². The largest absolute Gasteiger partial charge is 0.462 e. The molecule has 204 valence electrons. The number of pyridine rings is 2. The van der Waals surface area contributed by atoms with Crippen molar-refractivity contribution in [2.75, 3.05) is 11.9 Å². The number of aromatic nitrogens is 6. The van der Waals surface area contributed by atoms with Gasteiger partial charge in [0.25, 0.3) is 5.56 Å². The Bertz CT molecular complexity index is 1770. The Morgan fingerprint density at radius 1 is 1.05 bits per heavy atom. The average molecular weight is 540 g/mol. The van der Waals surface area contributed by atoms with E-state index in [-0.39, 0.29) is 23.8 Å². The molecule has 0 saturated heterocycles. The number of rotatable bonds is 8. The van der Waals surface area contributed by atoms with Crippen LogP contribution in [0.1, 0.15) is 31.1 Å². The lowest BCUT2D eigenvalue weighted by molar-refractivity contribution is 0.0526. The molecule has 4 heterocycles. The molecule has 4 aromatic heterocycles. The number of carbonyl (C=O) groups is 1. The standard InChI is InChI=1S/C29H29N7O4/c1-6-39-28(38)26-20-7-8-23(21-15-31-29(33-17(2)3)36(5)27(21)37)34-22(20)9-10-25(26)40-19-11-12-30-24(13-19)18-14-32-35(4)16-18/h7-17H,6H2,1-5H3,(H,31,33). The zero-order chi connectivity index (χ0) is 28.4. The van der Waals surface area contributed by atoms with Crippen LogP contribution in [0.3, 0.4) is 0 Å². The van der Waals surface area contributed by atoms with E-state index in [0.717, 1.165) is 5.56 Å². The minimum Gasteiger partial charge on any atom is -0.462 e. The zero-order valence-corrected chi connectivity index (χ0v) is 22.9. The molecule has 0 amide bonds. The van der Waals surface area contributed by atoms with Crippen molar-refractivity contribution in [2.24, 2.45) is 14.1 Å². The molecule has 5 aromatic rings. The first-order chi connectivity index (χ1) is 19.2. The van der Waals surface area contributed by atoms with Gasteiger partial charge in [-0.05, 0) is 51.1 Å². The number of hydrogen-bond acceptors (Lipinski definition) is 9. The van der Waals surface area contributed by atoms with Gasteiger partial charge in [0.15, 0.2) is 0 Å². The van der Waals surface area contributed by atoms with Crippen molar-refractivity contribution in [1.82, 2.24) is 29.3 Å². The fourth-order valence-electron chi connectivity index (χ4n) is 4.26. The van der Waals surface area contributed by atoms with Crippen LogP contribution >= 0.6 is 0 Å². The minimum absolute atomic E-state index is 0.120. The molecule has 0 aliphatic carbocycles.